The maximum Gasteiger partial charge on any atom is 0.325 e. The average Bonchev–Trinajstić information content (AvgIpc) is 3.00. The molecule has 0 saturated heterocycles. The molecule has 0 radical (unpaired) electrons. The Morgan fingerprint density at radius 3 is 3.04 bits per heavy atom. The molecule has 0 spiro atoms. The second-order valence-electron chi connectivity index (χ2n) is 5.70. The minimum absolute atomic E-state index is 0.215. The number of nitrogens with one attached hydrogen (secondary N) is 1. The molecule has 1 atom stereocenters. The number of rotatable bonds is 6. The SMILES string of the molecule is CCOc1ccc2c(c1)C[C@H](C(=O)Nc1ccn(CC(=O)O)n1)CO2. The van der Waals surface area contributed by atoms with Crippen molar-refractivity contribution < 1.29 is 24.2 Å². The van der Waals surface area contributed by atoms with E-state index in [0.29, 0.717) is 18.8 Å². The van der Waals surface area contributed by atoms with Crippen LogP contribution in [0, 0.1) is 5.92 Å². The van der Waals surface area contributed by atoms with E-state index in [-0.39, 0.29) is 25.0 Å². The van der Waals surface area contributed by atoms with Gasteiger partial charge in [-0.15, -0.1) is 0 Å². The Morgan fingerprint density at radius 2 is 2.28 bits per heavy atom. The first-order valence-corrected chi connectivity index (χ1v) is 7.99. The van der Waals surface area contributed by atoms with Crippen LogP contribution in [0.4, 0.5) is 5.82 Å². The third kappa shape index (κ3) is 4.09. The van der Waals surface area contributed by atoms with E-state index in [1.165, 1.54) is 10.9 Å². The molecule has 1 amide bonds. The highest BCUT2D eigenvalue weighted by Crippen LogP contribution is 2.31. The van der Waals surface area contributed by atoms with Gasteiger partial charge < -0.3 is 19.9 Å². The summed E-state index contributed by atoms with van der Waals surface area (Å²) in [6.45, 7) is 2.51. The molecule has 1 aromatic heterocycles. The number of carboxylic acid groups (broad SMARTS) is 1. The fourth-order valence-corrected chi connectivity index (χ4v) is 2.68. The van der Waals surface area contributed by atoms with Gasteiger partial charge in [-0.1, -0.05) is 0 Å². The van der Waals surface area contributed by atoms with Crippen LogP contribution in [-0.4, -0.2) is 40.0 Å². The number of hydrogen-bond acceptors (Lipinski definition) is 5. The third-order valence-electron chi connectivity index (χ3n) is 3.81. The van der Waals surface area contributed by atoms with E-state index in [2.05, 4.69) is 10.4 Å². The van der Waals surface area contributed by atoms with Crippen LogP contribution in [0.1, 0.15) is 12.5 Å². The number of hydrogen-bond donors (Lipinski definition) is 2. The van der Waals surface area contributed by atoms with Crippen molar-refractivity contribution in [2.24, 2.45) is 5.92 Å². The molecule has 0 unspecified atom stereocenters. The monoisotopic (exact) mass is 345 g/mol. The summed E-state index contributed by atoms with van der Waals surface area (Å²) in [6, 6.07) is 7.14. The van der Waals surface area contributed by atoms with Crippen molar-refractivity contribution in [3.63, 3.8) is 0 Å². The maximum absolute atomic E-state index is 12.4. The molecule has 0 fully saturated rings. The van der Waals surface area contributed by atoms with Crippen molar-refractivity contribution in [2.45, 2.75) is 19.9 Å². The highest BCUT2D eigenvalue weighted by molar-refractivity contribution is 5.92. The number of aromatic nitrogens is 2. The van der Waals surface area contributed by atoms with Crippen molar-refractivity contribution >= 4 is 17.7 Å². The van der Waals surface area contributed by atoms with Crippen LogP contribution in [0.3, 0.4) is 0 Å². The Bertz CT molecular complexity index is 786. The van der Waals surface area contributed by atoms with Gasteiger partial charge in [0.05, 0.1) is 12.5 Å². The number of amides is 1. The van der Waals surface area contributed by atoms with Crippen molar-refractivity contribution in [3.05, 3.63) is 36.0 Å². The van der Waals surface area contributed by atoms with Crippen LogP contribution < -0.4 is 14.8 Å². The Balaban J connectivity index is 1.64. The first kappa shape index (κ1) is 16.8. The molecule has 1 aliphatic heterocycles. The third-order valence-corrected chi connectivity index (χ3v) is 3.81. The number of carbonyl (C=O) groups is 2. The lowest BCUT2D eigenvalue weighted by Crippen LogP contribution is -2.32. The van der Waals surface area contributed by atoms with Gasteiger partial charge in [-0.05, 0) is 37.1 Å². The van der Waals surface area contributed by atoms with E-state index in [9.17, 15) is 9.59 Å². The molecule has 0 saturated carbocycles. The molecular weight excluding hydrogens is 326 g/mol. The first-order chi connectivity index (χ1) is 12.0. The summed E-state index contributed by atoms with van der Waals surface area (Å²) >= 11 is 0. The van der Waals surface area contributed by atoms with Gasteiger partial charge in [0.1, 0.15) is 24.7 Å². The van der Waals surface area contributed by atoms with Crippen LogP contribution in [0.2, 0.25) is 0 Å². The lowest BCUT2D eigenvalue weighted by atomic mass is 9.96. The minimum atomic E-state index is -0.997. The van der Waals surface area contributed by atoms with Crippen LogP contribution >= 0.6 is 0 Å². The normalized spacial score (nSPS) is 15.8. The summed E-state index contributed by atoms with van der Waals surface area (Å²) in [6.07, 6.45) is 2.04. The van der Waals surface area contributed by atoms with Gasteiger partial charge in [0.25, 0.3) is 0 Å². The summed E-state index contributed by atoms with van der Waals surface area (Å²) in [5.41, 5.74) is 0.925. The predicted octanol–water partition coefficient (Wildman–Crippen LogP) is 1.56. The van der Waals surface area contributed by atoms with E-state index in [1.54, 1.807) is 6.07 Å². The zero-order chi connectivity index (χ0) is 17.8. The molecular formula is C17H19N3O5. The van der Waals surface area contributed by atoms with E-state index in [1.807, 2.05) is 25.1 Å². The van der Waals surface area contributed by atoms with Crippen LogP contribution in [0.15, 0.2) is 30.5 Å². The molecule has 0 bridgehead atoms. The Kier molecular flexibility index (Phi) is 4.87. The fraction of sp³-hybridized carbons (Fsp3) is 0.353. The first-order valence-electron chi connectivity index (χ1n) is 7.99. The highest BCUT2D eigenvalue weighted by atomic mass is 16.5. The van der Waals surface area contributed by atoms with Crippen molar-refractivity contribution in [1.82, 2.24) is 9.78 Å². The molecule has 8 heteroatoms. The molecule has 8 nitrogen and oxygen atoms in total. The summed E-state index contributed by atoms with van der Waals surface area (Å²) < 4.78 is 12.4. The summed E-state index contributed by atoms with van der Waals surface area (Å²) in [7, 11) is 0. The van der Waals surface area contributed by atoms with Crippen LogP contribution in [0.5, 0.6) is 11.5 Å². The molecule has 3 rings (SSSR count). The molecule has 132 valence electrons. The lowest BCUT2D eigenvalue weighted by molar-refractivity contribution is -0.137. The van der Waals surface area contributed by atoms with Crippen LogP contribution in [-0.2, 0) is 22.6 Å². The Labute approximate surface area is 144 Å². The smallest absolute Gasteiger partial charge is 0.325 e. The fourth-order valence-electron chi connectivity index (χ4n) is 2.68. The van der Waals surface area contributed by atoms with E-state index in [0.717, 1.165) is 17.1 Å². The number of carbonyl (C=O) groups excluding carboxylic acids is 1. The van der Waals surface area contributed by atoms with Gasteiger partial charge >= 0.3 is 5.97 Å². The number of carboxylic acids is 1. The van der Waals surface area contributed by atoms with E-state index < -0.39 is 5.97 Å². The van der Waals surface area contributed by atoms with Crippen molar-refractivity contribution in [1.29, 1.82) is 0 Å². The Morgan fingerprint density at radius 1 is 1.44 bits per heavy atom. The van der Waals surface area contributed by atoms with Crippen molar-refractivity contribution in [2.75, 3.05) is 18.5 Å². The van der Waals surface area contributed by atoms with Crippen LogP contribution in [0.25, 0.3) is 0 Å². The zero-order valence-corrected chi connectivity index (χ0v) is 13.8. The Hall–Kier alpha value is -3.03. The van der Waals surface area contributed by atoms with Gasteiger partial charge in [-0.25, -0.2) is 0 Å². The lowest BCUT2D eigenvalue weighted by Gasteiger charge is -2.24. The topological polar surface area (TPSA) is 103 Å². The van der Waals surface area contributed by atoms with Gasteiger partial charge in [0.15, 0.2) is 5.82 Å². The maximum atomic E-state index is 12.4. The van der Waals surface area contributed by atoms with Gasteiger partial charge in [-0.2, -0.15) is 5.10 Å². The number of nitrogens with zero attached hydrogens (tertiary/aromatic N) is 2. The standard InChI is InChI=1S/C17H19N3O5/c1-2-24-13-3-4-14-11(8-13)7-12(10-25-14)17(23)18-15-5-6-20(19-15)9-16(21)22/h3-6,8,12H,2,7,9-10H2,1H3,(H,21,22)(H,18,19,23)/t12-/m0/s1. The number of aliphatic carboxylic acids is 1. The predicted molar refractivity (Wildman–Crippen MR) is 88.8 cm³/mol. The summed E-state index contributed by atoms with van der Waals surface area (Å²) in [5, 5.41) is 15.5. The number of ether oxygens (including phenoxy) is 2. The zero-order valence-electron chi connectivity index (χ0n) is 13.8. The van der Waals surface area contributed by atoms with Gasteiger partial charge in [-0.3, -0.25) is 14.3 Å². The van der Waals surface area contributed by atoms with E-state index in [4.69, 9.17) is 14.6 Å². The molecule has 0 aliphatic carbocycles. The summed E-state index contributed by atoms with van der Waals surface area (Å²) in [4.78, 5) is 23.1. The molecule has 1 aliphatic rings. The quantitative estimate of drug-likeness (QED) is 0.823. The molecule has 2 heterocycles. The summed E-state index contributed by atoms with van der Waals surface area (Å²) in [5.74, 6) is 0.266. The average molecular weight is 345 g/mol. The molecule has 1 aromatic carbocycles. The van der Waals surface area contributed by atoms with E-state index >= 15 is 0 Å². The molecule has 25 heavy (non-hydrogen) atoms. The second-order valence-corrected chi connectivity index (χ2v) is 5.70. The molecule has 2 aromatic rings. The highest BCUT2D eigenvalue weighted by Gasteiger charge is 2.27. The second kappa shape index (κ2) is 7.25. The number of benzene rings is 1. The van der Waals surface area contributed by atoms with Gasteiger partial charge in [0.2, 0.25) is 5.91 Å². The number of fused-ring (bicyclic) bond motifs is 1. The van der Waals surface area contributed by atoms with Crippen molar-refractivity contribution in [3.8, 4) is 11.5 Å². The molecule has 2 N–H and O–H groups in total. The minimum Gasteiger partial charge on any atom is -0.494 e. The largest absolute Gasteiger partial charge is 0.494 e. The number of anilines is 1. The van der Waals surface area contributed by atoms with Gasteiger partial charge in [0, 0.05) is 12.3 Å².